The lowest BCUT2D eigenvalue weighted by Gasteiger charge is -2.13. The van der Waals surface area contributed by atoms with Gasteiger partial charge in [0.2, 0.25) is 0 Å². The van der Waals surface area contributed by atoms with Crippen molar-refractivity contribution in [2.24, 2.45) is 0 Å². The minimum absolute atomic E-state index is 0.114. The van der Waals surface area contributed by atoms with Gasteiger partial charge in [-0.25, -0.2) is 8.42 Å². The Labute approximate surface area is 183 Å². The minimum Gasteiger partial charge on any atom is -0.497 e. The summed E-state index contributed by atoms with van der Waals surface area (Å²) in [6.07, 6.45) is 0. The first kappa shape index (κ1) is 21.7. The van der Waals surface area contributed by atoms with Crippen LogP contribution < -0.4 is 19.5 Å². The van der Waals surface area contributed by atoms with Crippen LogP contribution in [0, 0.1) is 0 Å². The smallest absolute Gasteiger partial charge is 0.261 e. The third-order valence-electron chi connectivity index (χ3n) is 4.16. The molecule has 0 radical (unpaired) electrons. The summed E-state index contributed by atoms with van der Waals surface area (Å²) >= 11 is 3.27. The minimum atomic E-state index is -3.79. The van der Waals surface area contributed by atoms with Gasteiger partial charge in [-0.15, -0.1) is 0 Å². The fourth-order valence-electron chi connectivity index (χ4n) is 2.65. The molecule has 0 saturated heterocycles. The molecule has 3 aromatic carbocycles. The van der Waals surface area contributed by atoms with Gasteiger partial charge >= 0.3 is 0 Å². The summed E-state index contributed by atoms with van der Waals surface area (Å²) < 4.78 is 38.8. The molecule has 0 spiro atoms. The molecular weight excluding hydrogens is 472 g/mol. The van der Waals surface area contributed by atoms with Crippen molar-refractivity contribution in [3.63, 3.8) is 0 Å². The summed E-state index contributed by atoms with van der Waals surface area (Å²) in [6, 6.07) is 17.5. The lowest BCUT2D eigenvalue weighted by atomic mass is 10.2. The molecule has 0 aliphatic rings. The molecule has 0 aliphatic carbocycles. The Morgan fingerprint density at radius 2 is 1.67 bits per heavy atom. The molecule has 3 rings (SSSR count). The lowest BCUT2D eigenvalue weighted by Crippen LogP contribution is -2.15. The monoisotopic (exact) mass is 490 g/mol. The maximum atomic E-state index is 12.7. The van der Waals surface area contributed by atoms with Gasteiger partial charge in [-0.3, -0.25) is 9.52 Å². The standard InChI is InChI=1S/C21H19BrN2O5S/c1-28-17-8-11-19(20(13-17)29-2)23-21(25)14-4-3-5-16(12-14)24-30(26,27)18-9-6-15(22)7-10-18/h3-13,24H,1-2H3,(H,23,25). The summed E-state index contributed by atoms with van der Waals surface area (Å²) in [4.78, 5) is 12.8. The number of amides is 1. The number of carbonyl (C=O) groups excluding carboxylic acids is 1. The Hall–Kier alpha value is -3.04. The molecule has 0 bridgehead atoms. The number of halogens is 1. The summed E-state index contributed by atoms with van der Waals surface area (Å²) in [5.41, 5.74) is 1.01. The Morgan fingerprint density at radius 3 is 2.33 bits per heavy atom. The Morgan fingerprint density at radius 1 is 0.933 bits per heavy atom. The number of ether oxygens (including phenoxy) is 2. The quantitative estimate of drug-likeness (QED) is 0.507. The van der Waals surface area contributed by atoms with Crippen LogP contribution in [-0.2, 0) is 10.0 Å². The van der Waals surface area contributed by atoms with E-state index in [0.717, 1.165) is 4.47 Å². The number of rotatable bonds is 7. The first-order chi connectivity index (χ1) is 14.3. The van der Waals surface area contributed by atoms with Crippen LogP contribution in [0.3, 0.4) is 0 Å². The van der Waals surface area contributed by atoms with E-state index < -0.39 is 15.9 Å². The van der Waals surface area contributed by atoms with Gasteiger partial charge in [-0.1, -0.05) is 22.0 Å². The number of carbonyl (C=O) groups is 1. The average Bonchev–Trinajstić information content (AvgIpc) is 2.74. The summed E-state index contributed by atoms with van der Waals surface area (Å²) in [6.45, 7) is 0. The third kappa shape index (κ3) is 5.11. The SMILES string of the molecule is COc1ccc(NC(=O)c2cccc(NS(=O)(=O)c3ccc(Br)cc3)c2)c(OC)c1. The van der Waals surface area contributed by atoms with Gasteiger partial charge in [-0.2, -0.15) is 0 Å². The maximum Gasteiger partial charge on any atom is 0.261 e. The molecule has 0 atom stereocenters. The predicted octanol–water partition coefficient (Wildman–Crippen LogP) is 4.52. The van der Waals surface area contributed by atoms with Gasteiger partial charge in [-0.05, 0) is 54.6 Å². The van der Waals surface area contributed by atoms with Gasteiger partial charge in [0.25, 0.3) is 15.9 Å². The van der Waals surface area contributed by atoms with Crippen LogP contribution >= 0.6 is 15.9 Å². The molecule has 1 amide bonds. The number of anilines is 2. The maximum absolute atomic E-state index is 12.7. The van der Waals surface area contributed by atoms with Gasteiger partial charge in [0, 0.05) is 21.8 Å². The van der Waals surface area contributed by atoms with Crippen molar-refractivity contribution in [1.29, 1.82) is 0 Å². The zero-order chi connectivity index (χ0) is 21.7. The first-order valence-corrected chi connectivity index (χ1v) is 11.0. The number of hydrogen-bond acceptors (Lipinski definition) is 5. The molecule has 0 heterocycles. The largest absolute Gasteiger partial charge is 0.497 e. The molecule has 0 saturated carbocycles. The van der Waals surface area contributed by atoms with Crippen LogP contribution in [0.2, 0.25) is 0 Å². The van der Waals surface area contributed by atoms with E-state index in [0.29, 0.717) is 17.2 Å². The highest BCUT2D eigenvalue weighted by atomic mass is 79.9. The van der Waals surface area contributed by atoms with E-state index in [2.05, 4.69) is 26.0 Å². The fourth-order valence-corrected chi connectivity index (χ4v) is 3.96. The van der Waals surface area contributed by atoms with Crippen LogP contribution in [0.25, 0.3) is 0 Å². The fraction of sp³-hybridized carbons (Fsp3) is 0.0952. The Kier molecular flexibility index (Phi) is 6.63. The zero-order valence-electron chi connectivity index (χ0n) is 16.2. The normalized spacial score (nSPS) is 10.9. The number of sulfonamides is 1. The highest BCUT2D eigenvalue weighted by Gasteiger charge is 2.16. The average molecular weight is 491 g/mol. The second kappa shape index (κ2) is 9.19. The van der Waals surface area contributed by atoms with Crippen LogP contribution in [0.5, 0.6) is 11.5 Å². The van der Waals surface area contributed by atoms with Gasteiger partial charge in [0.15, 0.2) is 0 Å². The zero-order valence-corrected chi connectivity index (χ0v) is 18.6. The van der Waals surface area contributed by atoms with Crippen molar-refractivity contribution < 1.29 is 22.7 Å². The van der Waals surface area contributed by atoms with Crippen molar-refractivity contribution in [1.82, 2.24) is 0 Å². The van der Waals surface area contributed by atoms with Crippen LogP contribution in [0.1, 0.15) is 10.4 Å². The first-order valence-electron chi connectivity index (χ1n) is 8.74. The number of nitrogens with one attached hydrogen (secondary N) is 2. The Bertz CT molecular complexity index is 1160. The van der Waals surface area contributed by atoms with E-state index in [9.17, 15) is 13.2 Å². The summed E-state index contributed by atoms with van der Waals surface area (Å²) in [5.74, 6) is 0.618. The lowest BCUT2D eigenvalue weighted by molar-refractivity contribution is 0.102. The molecule has 7 nitrogen and oxygen atoms in total. The van der Waals surface area contributed by atoms with Gasteiger partial charge in [0.05, 0.1) is 24.8 Å². The highest BCUT2D eigenvalue weighted by molar-refractivity contribution is 9.10. The molecule has 0 unspecified atom stereocenters. The van der Waals surface area contributed by atoms with Crippen molar-refractivity contribution in [2.75, 3.05) is 24.3 Å². The molecule has 156 valence electrons. The third-order valence-corrected chi connectivity index (χ3v) is 6.08. The van der Waals surface area contributed by atoms with Crippen LogP contribution in [0.15, 0.2) is 76.1 Å². The molecule has 0 fully saturated rings. The topological polar surface area (TPSA) is 93.7 Å². The van der Waals surface area contributed by atoms with Crippen LogP contribution in [-0.4, -0.2) is 28.5 Å². The van der Waals surface area contributed by atoms with E-state index in [-0.39, 0.29) is 16.1 Å². The summed E-state index contributed by atoms with van der Waals surface area (Å²) in [5, 5.41) is 2.76. The molecule has 9 heteroatoms. The number of benzene rings is 3. The van der Waals surface area contributed by atoms with Gasteiger partial charge < -0.3 is 14.8 Å². The molecule has 0 aliphatic heterocycles. The second-order valence-electron chi connectivity index (χ2n) is 6.16. The Balaban J connectivity index is 1.80. The van der Waals surface area contributed by atoms with Crippen LogP contribution in [0.4, 0.5) is 11.4 Å². The molecular formula is C21H19BrN2O5S. The van der Waals surface area contributed by atoms with Crippen molar-refractivity contribution in [3.8, 4) is 11.5 Å². The molecule has 3 aromatic rings. The van der Waals surface area contributed by atoms with E-state index in [1.54, 1.807) is 48.5 Å². The van der Waals surface area contributed by atoms with E-state index in [1.165, 1.54) is 32.4 Å². The van der Waals surface area contributed by atoms with E-state index in [4.69, 9.17) is 9.47 Å². The van der Waals surface area contributed by atoms with Crippen molar-refractivity contribution in [3.05, 3.63) is 76.8 Å². The molecule has 2 N–H and O–H groups in total. The van der Waals surface area contributed by atoms with Crippen molar-refractivity contribution >= 4 is 43.2 Å². The summed E-state index contributed by atoms with van der Waals surface area (Å²) in [7, 11) is -0.763. The van der Waals surface area contributed by atoms with E-state index in [1.807, 2.05) is 0 Å². The molecule has 0 aromatic heterocycles. The van der Waals surface area contributed by atoms with E-state index >= 15 is 0 Å². The number of methoxy groups -OCH3 is 2. The highest BCUT2D eigenvalue weighted by Crippen LogP contribution is 2.29. The number of hydrogen-bond donors (Lipinski definition) is 2. The van der Waals surface area contributed by atoms with Crippen molar-refractivity contribution in [2.45, 2.75) is 4.90 Å². The second-order valence-corrected chi connectivity index (χ2v) is 8.76. The van der Waals surface area contributed by atoms with Gasteiger partial charge in [0.1, 0.15) is 11.5 Å². The molecule has 30 heavy (non-hydrogen) atoms. The predicted molar refractivity (Wildman–Crippen MR) is 119 cm³/mol.